The second-order valence-corrected chi connectivity index (χ2v) is 12.9. The zero-order valence-electron chi connectivity index (χ0n) is 22.3. The Morgan fingerprint density at radius 3 is 2.05 bits per heavy atom. The van der Waals surface area contributed by atoms with Crippen LogP contribution in [0.4, 0.5) is 10.3 Å². The number of anilines is 2. The molecule has 4 rings (SSSR count). The molecule has 3 N–H and O–H groups in total. The van der Waals surface area contributed by atoms with Crippen LogP contribution in [0, 0.1) is 13.8 Å². The fourth-order valence-electron chi connectivity index (χ4n) is 3.60. The fourth-order valence-corrected chi connectivity index (χ4v) is 7.77. The molecule has 8 nitrogen and oxygen atoms in total. The summed E-state index contributed by atoms with van der Waals surface area (Å²) in [6.07, 6.45) is 5.51. The molecule has 0 atom stereocenters. The van der Waals surface area contributed by atoms with Gasteiger partial charge in [0.1, 0.15) is 0 Å². The van der Waals surface area contributed by atoms with Crippen molar-refractivity contribution in [3.8, 4) is 19.5 Å². The summed E-state index contributed by atoms with van der Waals surface area (Å²) in [5.74, 6) is -0.512. The highest BCUT2D eigenvalue weighted by Crippen LogP contribution is 2.38. The number of carbonyl (C=O) groups is 2. The normalized spacial score (nSPS) is 11.2. The highest BCUT2D eigenvalue weighted by Gasteiger charge is 2.17. The van der Waals surface area contributed by atoms with Crippen molar-refractivity contribution < 1.29 is 9.59 Å². The first-order chi connectivity index (χ1) is 19.4. The summed E-state index contributed by atoms with van der Waals surface area (Å²) in [6, 6.07) is 8.21. The molecule has 0 spiro atoms. The topological polar surface area (TPSA) is 108 Å². The monoisotopic (exact) mass is 610 g/mol. The van der Waals surface area contributed by atoms with Crippen molar-refractivity contribution in [2.75, 3.05) is 23.7 Å². The Morgan fingerprint density at radius 1 is 0.850 bits per heavy atom. The van der Waals surface area contributed by atoms with E-state index >= 15 is 0 Å². The summed E-state index contributed by atoms with van der Waals surface area (Å²) in [5, 5.41) is 10.0. The number of hydrogen-bond donors (Lipinski definition) is 3. The lowest BCUT2D eigenvalue weighted by atomic mass is 10.3. The molecule has 2 amide bonds. The molecule has 0 bridgehead atoms. The van der Waals surface area contributed by atoms with Crippen molar-refractivity contribution in [1.29, 1.82) is 0 Å². The first-order valence-corrected chi connectivity index (χ1v) is 15.8. The minimum Gasteiger partial charge on any atom is -0.308 e. The average molecular weight is 611 g/mol. The summed E-state index contributed by atoms with van der Waals surface area (Å²) >= 11 is 6.17. The summed E-state index contributed by atoms with van der Waals surface area (Å²) in [5.41, 5.74) is 1.71. The van der Waals surface area contributed by atoms with Crippen LogP contribution in [0.2, 0.25) is 0 Å². The summed E-state index contributed by atoms with van der Waals surface area (Å²) in [4.78, 5) is 44.9. The fraction of sp³-hybridized carbons (Fsp3) is 0.250. The maximum atomic E-state index is 12.6. The summed E-state index contributed by atoms with van der Waals surface area (Å²) in [6.45, 7) is 13.4. The Balaban J connectivity index is 1.27. The maximum absolute atomic E-state index is 12.6. The Bertz CT molecular complexity index is 1530. The molecule has 40 heavy (non-hydrogen) atoms. The number of hydrogen-bond acceptors (Lipinski definition) is 10. The molecule has 0 aliphatic rings. The van der Waals surface area contributed by atoms with Crippen LogP contribution in [-0.4, -0.2) is 41.1 Å². The van der Waals surface area contributed by atoms with Crippen LogP contribution in [0.1, 0.15) is 34.0 Å². The predicted molar refractivity (Wildman–Crippen MR) is 171 cm³/mol. The van der Waals surface area contributed by atoms with E-state index in [1.54, 1.807) is 28.7 Å². The van der Waals surface area contributed by atoms with Gasteiger partial charge in [-0.2, -0.15) is 0 Å². The van der Waals surface area contributed by atoms with Gasteiger partial charge in [0.05, 0.1) is 27.7 Å². The Kier molecular flexibility index (Phi) is 10.7. The van der Waals surface area contributed by atoms with E-state index in [-0.39, 0.29) is 24.7 Å². The second kappa shape index (κ2) is 14.4. The number of carbonyl (C=O) groups excluding carboxylic acids is 2. The molecule has 0 radical (unpaired) electrons. The van der Waals surface area contributed by atoms with Crippen molar-refractivity contribution in [2.24, 2.45) is 4.99 Å². The van der Waals surface area contributed by atoms with Crippen molar-refractivity contribution >= 4 is 73.6 Å². The molecule has 4 aromatic rings. The Morgan fingerprint density at radius 2 is 1.45 bits per heavy atom. The first-order valence-electron chi connectivity index (χ1n) is 12.5. The van der Waals surface area contributed by atoms with Gasteiger partial charge < -0.3 is 16.0 Å². The molecule has 208 valence electrons. The van der Waals surface area contributed by atoms with Crippen LogP contribution in [0.3, 0.4) is 0 Å². The second-order valence-electron chi connectivity index (χ2n) is 8.63. The number of nitrogens with one attached hydrogen (secondary N) is 3. The van der Waals surface area contributed by atoms with Gasteiger partial charge in [-0.15, -0.1) is 35.8 Å². The summed E-state index contributed by atoms with van der Waals surface area (Å²) in [7, 11) is 0. The number of aromatic nitrogens is 2. The Hall–Kier alpha value is -3.29. The first kappa shape index (κ1) is 29.7. The van der Waals surface area contributed by atoms with Gasteiger partial charge in [-0.3, -0.25) is 14.6 Å². The van der Waals surface area contributed by atoms with Crippen molar-refractivity contribution in [3.63, 3.8) is 0 Å². The highest BCUT2D eigenvalue weighted by molar-refractivity contribution is 7.25. The van der Waals surface area contributed by atoms with Gasteiger partial charge in [-0.1, -0.05) is 34.8 Å². The van der Waals surface area contributed by atoms with E-state index in [0.29, 0.717) is 16.8 Å². The average Bonchev–Trinajstić information content (AvgIpc) is 3.71. The quantitative estimate of drug-likeness (QED) is 0.0817. The van der Waals surface area contributed by atoms with Crippen LogP contribution >= 0.6 is 45.3 Å². The molecule has 0 fully saturated rings. The van der Waals surface area contributed by atoms with E-state index in [0.717, 1.165) is 48.9 Å². The van der Waals surface area contributed by atoms with Crippen LogP contribution in [0.15, 0.2) is 54.6 Å². The molecule has 4 aromatic heterocycles. The van der Waals surface area contributed by atoms with E-state index < -0.39 is 0 Å². The lowest BCUT2D eigenvalue weighted by Gasteiger charge is -2.02. The zero-order chi connectivity index (χ0) is 28.5. The van der Waals surface area contributed by atoms with Gasteiger partial charge in [0.15, 0.2) is 10.3 Å². The minimum absolute atomic E-state index is 0.0475. The number of thiophene rings is 2. The predicted octanol–water partition coefficient (Wildman–Crippen LogP) is 6.91. The number of amides is 2. The molecule has 0 saturated heterocycles. The highest BCUT2D eigenvalue weighted by atomic mass is 32.1. The molecule has 0 saturated carbocycles. The minimum atomic E-state index is -0.258. The van der Waals surface area contributed by atoms with Crippen LogP contribution < -0.4 is 16.0 Å². The number of nitrogens with zero attached hydrogens (tertiary/aromatic N) is 3. The zero-order valence-corrected chi connectivity index (χ0v) is 25.5. The lowest BCUT2D eigenvalue weighted by molar-refractivity contribution is -0.121. The van der Waals surface area contributed by atoms with Gasteiger partial charge in [0.2, 0.25) is 11.8 Å². The van der Waals surface area contributed by atoms with Crippen molar-refractivity contribution in [1.82, 2.24) is 15.3 Å². The van der Waals surface area contributed by atoms with E-state index in [4.69, 9.17) is 0 Å². The van der Waals surface area contributed by atoms with Crippen LogP contribution in [0.5, 0.6) is 0 Å². The molecule has 4 heterocycles. The van der Waals surface area contributed by atoms with Crippen LogP contribution in [0.25, 0.3) is 19.5 Å². The number of aryl methyl sites for hydroxylation is 2. The third-order valence-electron chi connectivity index (χ3n) is 5.44. The third kappa shape index (κ3) is 8.12. The molecule has 0 aromatic carbocycles. The molecule has 0 unspecified atom stereocenters. The standard InChI is InChI=1S/C28H30N6O2S4/c1-5-13-29-15-19-7-9-21(37-19)25-17(3)31-27(39-25)33-23(35)11-12-24(36)34-28-32-18(4)26(40-28)22-10-8-20(38-22)16-30-14-6-2/h5-10,15,30H,1-2,11-14,16H2,3-4H3,(H,31,33,35)(H,32,34,36)/b29-15+. The van der Waals surface area contributed by atoms with Crippen molar-refractivity contribution in [2.45, 2.75) is 33.2 Å². The van der Waals surface area contributed by atoms with E-state index in [2.05, 4.69) is 56.2 Å². The molecular formula is C28H30N6O2S4. The molecular weight excluding hydrogens is 581 g/mol. The Labute approximate surface area is 249 Å². The van der Waals surface area contributed by atoms with Gasteiger partial charge in [0.25, 0.3) is 0 Å². The van der Waals surface area contributed by atoms with E-state index in [9.17, 15) is 9.59 Å². The largest absolute Gasteiger partial charge is 0.308 e. The van der Waals surface area contributed by atoms with Gasteiger partial charge in [-0.05, 0) is 38.1 Å². The van der Waals surface area contributed by atoms with Crippen LogP contribution in [-0.2, 0) is 16.1 Å². The number of aliphatic imine (C=N–C) groups is 1. The summed E-state index contributed by atoms with van der Waals surface area (Å²) < 4.78 is 0. The smallest absolute Gasteiger partial charge is 0.226 e. The molecule has 12 heteroatoms. The van der Waals surface area contributed by atoms with Gasteiger partial charge in [-0.25, -0.2) is 9.97 Å². The molecule has 0 aliphatic heterocycles. The van der Waals surface area contributed by atoms with Crippen molar-refractivity contribution in [3.05, 3.63) is 70.7 Å². The molecule has 0 aliphatic carbocycles. The SMILES string of the molecule is C=CC/N=C/c1ccc(-c2sc(NC(=O)CCC(=O)Nc3nc(C)c(-c4ccc(CNCC=C)s4)s3)nc2C)s1. The number of rotatable bonds is 14. The van der Waals surface area contributed by atoms with Gasteiger partial charge >= 0.3 is 0 Å². The van der Waals surface area contributed by atoms with E-state index in [1.807, 2.05) is 38.3 Å². The maximum Gasteiger partial charge on any atom is 0.226 e. The van der Waals surface area contributed by atoms with Gasteiger partial charge in [0, 0.05) is 51.7 Å². The lowest BCUT2D eigenvalue weighted by Crippen LogP contribution is -2.17. The van der Waals surface area contributed by atoms with E-state index in [1.165, 1.54) is 27.6 Å². The third-order valence-corrected chi connectivity index (χ3v) is 10.1. The number of thiazole rings is 2.